The van der Waals surface area contributed by atoms with Crippen LogP contribution in [0.5, 0.6) is 11.5 Å². The van der Waals surface area contributed by atoms with Gasteiger partial charge in [-0.2, -0.15) is 0 Å². The molecule has 0 aliphatic rings. The van der Waals surface area contributed by atoms with Crippen LogP contribution >= 0.6 is 11.3 Å². The lowest BCUT2D eigenvalue weighted by atomic mass is 10.3. The fourth-order valence-electron chi connectivity index (χ4n) is 2.88. The van der Waals surface area contributed by atoms with Crippen LogP contribution in [0, 0.1) is 0 Å². The van der Waals surface area contributed by atoms with Crippen molar-refractivity contribution in [2.24, 2.45) is 0 Å². The number of imidazole rings is 1. The Kier molecular flexibility index (Phi) is 4.39. The molecule has 0 radical (unpaired) electrons. The van der Waals surface area contributed by atoms with Gasteiger partial charge >= 0.3 is 0 Å². The molecule has 0 N–H and O–H groups in total. The molecule has 126 valence electrons. The number of hydrogen-bond donors (Lipinski definition) is 0. The third-order valence-electron chi connectivity index (χ3n) is 4.04. The Balaban J connectivity index is 1.61. The van der Waals surface area contributed by atoms with Crippen molar-refractivity contribution >= 4 is 22.4 Å². The lowest BCUT2D eigenvalue weighted by Crippen LogP contribution is -2.09. The second-order valence-corrected chi connectivity index (χ2v) is 6.50. The minimum atomic E-state index is 0.541. The Morgan fingerprint density at radius 1 is 0.960 bits per heavy atom. The molecule has 25 heavy (non-hydrogen) atoms. The zero-order chi connectivity index (χ0) is 17.1. The fourth-order valence-corrected chi connectivity index (χ4v) is 3.60. The first-order chi connectivity index (χ1) is 12.4. The molecule has 0 spiro atoms. The predicted molar refractivity (Wildman–Crippen MR) is 102 cm³/mol. The first kappa shape index (κ1) is 15.7. The summed E-state index contributed by atoms with van der Waals surface area (Å²) in [6.07, 6.45) is 0. The number of para-hydroxylation sites is 4. The summed E-state index contributed by atoms with van der Waals surface area (Å²) in [6, 6.07) is 20.1. The molecule has 0 saturated carbocycles. The number of hydrogen-bond acceptors (Lipinski definition) is 4. The minimum Gasteiger partial charge on any atom is -0.493 e. The summed E-state index contributed by atoms with van der Waals surface area (Å²) >= 11 is 1.70. The van der Waals surface area contributed by atoms with Gasteiger partial charge in [-0.15, -0.1) is 11.3 Å². The number of benzene rings is 2. The maximum absolute atomic E-state index is 5.95. The van der Waals surface area contributed by atoms with Gasteiger partial charge in [0.15, 0.2) is 17.3 Å². The second kappa shape index (κ2) is 6.99. The molecule has 0 bridgehead atoms. The van der Waals surface area contributed by atoms with E-state index in [-0.39, 0.29) is 0 Å². The highest BCUT2D eigenvalue weighted by Gasteiger charge is 2.13. The van der Waals surface area contributed by atoms with E-state index in [0.717, 1.165) is 33.2 Å². The molecule has 2 aromatic heterocycles. The molecule has 4 rings (SSSR count). The standard InChI is InChI=1S/C20H18N2O2S/c1-23-17-9-4-5-10-18(17)24-13-12-22-16-8-3-2-7-15(16)21-20(22)19-11-6-14-25-19/h2-11,14H,12-13H2,1H3. The summed E-state index contributed by atoms with van der Waals surface area (Å²) in [6.45, 7) is 1.25. The molecule has 4 nitrogen and oxygen atoms in total. The van der Waals surface area contributed by atoms with E-state index >= 15 is 0 Å². The van der Waals surface area contributed by atoms with Gasteiger partial charge in [0.2, 0.25) is 0 Å². The van der Waals surface area contributed by atoms with E-state index in [2.05, 4.69) is 28.1 Å². The van der Waals surface area contributed by atoms with Gasteiger partial charge in [-0.05, 0) is 35.7 Å². The van der Waals surface area contributed by atoms with Gasteiger partial charge in [-0.25, -0.2) is 4.98 Å². The normalized spacial score (nSPS) is 10.9. The van der Waals surface area contributed by atoms with Crippen LogP contribution in [0.4, 0.5) is 0 Å². The molecule has 0 atom stereocenters. The van der Waals surface area contributed by atoms with Crippen molar-refractivity contribution in [3.63, 3.8) is 0 Å². The molecule has 0 fully saturated rings. The second-order valence-electron chi connectivity index (χ2n) is 5.55. The molecule has 5 heteroatoms. The zero-order valence-corrected chi connectivity index (χ0v) is 14.7. The molecule has 0 aliphatic heterocycles. The number of methoxy groups -OCH3 is 1. The van der Waals surface area contributed by atoms with E-state index in [1.54, 1.807) is 18.4 Å². The molecular formula is C20H18N2O2S. The third-order valence-corrected chi connectivity index (χ3v) is 4.90. The summed E-state index contributed by atoms with van der Waals surface area (Å²) in [4.78, 5) is 5.97. The number of aromatic nitrogens is 2. The van der Waals surface area contributed by atoms with Crippen LogP contribution in [0.2, 0.25) is 0 Å². The van der Waals surface area contributed by atoms with Crippen molar-refractivity contribution < 1.29 is 9.47 Å². The monoisotopic (exact) mass is 350 g/mol. The molecule has 4 aromatic rings. The van der Waals surface area contributed by atoms with Gasteiger partial charge < -0.3 is 14.0 Å². The predicted octanol–water partition coefficient (Wildman–Crippen LogP) is 4.85. The quantitative estimate of drug-likeness (QED) is 0.499. The molecule has 0 unspecified atom stereocenters. The SMILES string of the molecule is COc1ccccc1OCCn1c(-c2cccs2)nc2ccccc21. The Labute approximate surface area is 150 Å². The topological polar surface area (TPSA) is 36.3 Å². The maximum atomic E-state index is 5.95. The number of rotatable bonds is 6. The first-order valence-corrected chi connectivity index (χ1v) is 9.00. The molecular weight excluding hydrogens is 332 g/mol. The van der Waals surface area contributed by atoms with Crippen LogP contribution in [0.1, 0.15) is 0 Å². The summed E-state index contributed by atoms with van der Waals surface area (Å²) in [5, 5.41) is 2.07. The summed E-state index contributed by atoms with van der Waals surface area (Å²) < 4.78 is 13.5. The molecule has 2 heterocycles. The van der Waals surface area contributed by atoms with Gasteiger partial charge in [0.05, 0.1) is 29.6 Å². The smallest absolute Gasteiger partial charge is 0.161 e. The zero-order valence-electron chi connectivity index (χ0n) is 13.9. The van der Waals surface area contributed by atoms with Crippen molar-refractivity contribution in [3.05, 3.63) is 66.0 Å². The van der Waals surface area contributed by atoms with E-state index in [0.29, 0.717) is 13.2 Å². The summed E-state index contributed by atoms with van der Waals surface area (Å²) in [5.41, 5.74) is 2.12. The molecule has 2 aromatic carbocycles. The number of nitrogens with zero attached hydrogens (tertiary/aromatic N) is 2. The Hall–Kier alpha value is -2.79. The largest absolute Gasteiger partial charge is 0.493 e. The average Bonchev–Trinajstić information content (AvgIpc) is 3.30. The highest BCUT2D eigenvalue weighted by Crippen LogP contribution is 2.29. The van der Waals surface area contributed by atoms with E-state index in [1.807, 2.05) is 42.5 Å². The van der Waals surface area contributed by atoms with Gasteiger partial charge in [-0.3, -0.25) is 0 Å². The average molecular weight is 350 g/mol. The number of fused-ring (bicyclic) bond motifs is 1. The van der Waals surface area contributed by atoms with E-state index in [4.69, 9.17) is 14.5 Å². The van der Waals surface area contributed by atoms with Crippen molar-refractivity contribution in [3.8, 4) is 22.2 Å². The fraction of sp³-hybridized carbons (Fsp3) is 0.150. The molecule has 0 aliphatic carbocycles. The Morgan fingerprint density at radius 3 is 2.56 bits per heavy atom. The van der Waals surface area contributed by atoms with Crippen LogP contribution in [0.3, 0.4) is 0 Å². The van der Waals surface area contributed by atoms with Crippen LogP contribution in [0.15, 0.2) is 66.0 Å². The highest BCUT2D eigenvalue weighted by atomic mass is 32.1. The van der Waals surface area contributed by atoms with Crippen molar-refractivity contribution in [1.82, 2.24) is 9.55 Å². The Morgan fingerprint density at radius 2 is 1.76 bits per heavy atom. The highest BCUT2D eigenvalue weighted by molar-refractivity contribution is 7.13. The van der Waals surface area contributed by atoms with E-state index in [9.17, 15) is 0 Å². The van der Waals surface area contributed by atoms with Crippen molar-refractivity contribution in [1.29, 1.82) is 0 Å². The van der Waals surface area contributed by atoms with Crippen molar-refractivity contribution in [2.45, 2.75) is 6.54 Å². The van der Waals surface area contributed by atoms with Gasteiger partial charge in [0.25, 0.3) is 0 Å². The lowest BCUT2D eigenvalue weighted by Gasteiger charge is -2.12. The van der Waals surface area contributed by atoms with Gasteiger partial charge in [-0.1, -0.05) is 30.3 Å². The maximum Gasteiger partial charge on any atom is 0.161 e. The van der Waals surface area contributed by atoms with Gasteiger partial charge in [0, 0.05) is 0 Å². The summed E-state index contributed by atoms with van der Waals surface area (Å²) in [7, 11) is 1.65. The van der Waals surface area contributed by atoms with Gasteiger partial charge in [0.1, 0.15) is 6.61 Å². The van der Waals surface area contributed by atoms with E-state index in [1.165, 1.54) is 0 Å². The van der Waals surface area contributed by atoms with Crippen LogP contribution < -0.4 is 9.47 Å². The van der Waals surface area contributed by atoms with Crippen molar-refractivity contribution in [2.75, 3.05) is 13.7 Å². The molecule has 0 saturated heterocycles. The number of ether oxygens (including phenoxy) is 2. The van der Waals surface area contributed by atoms with E-state index < -0.39 is 0 Å². The van der Waals surface area contributed by atoms with Crippen LogP contribution in [-0.4, -0.2) is 23.3 Å². The van der Waals surface area contributed by atoms with Crippen LogP contribution in [-0.2, 0) is 6.54 Å². The first-order valence-electron chi connectivity index (χ1n) is 8.12. The number of thiophene rings is 1. The lowest BCUT2D eigenvalue weighted by molar-refractivity contribution is 0.281. The molecule has 0 amide bonds. The van der Waals surface area contributed by atoms with Crippen LogP contribution in [0.25, 0.3) is 21.7 Å². The summed E-state index contributed by atoms with van der Waals surface area (Å²) in [5.74, 6) is 2.49. The Bertz CT molecular complexity index is 976. The minimum absolute atomic E-state index is 0.541. The third kappa shape index (κ3) is 3.10.